The molecule has 0 bridgehead atoms. The minimum atomic E-state index is -3.61. The summed E-state index contributed by atoms with van der Waals surface area (Å²) in [4.78, 5) is 12.2. The fourth-order valence-corrected chi connectivity index (χ4v) is 3.58. The molecule has 0 fully saturated rings. The standard InChI is InChI=1S/C17H27ClN2O3S/c1-4-6-9-14(5-2)12-19-17(21)13-20(24(3,22)23)16-11-8-7-10-15(16)18/h7-8,10-11,14H,4-6,9,12-13H2,1-3H3,(H,19,21)/t14-/m0/s1. The number of benzene rings is 1. The Morgan fingerprint density at radius 1 is 1.29 bits per heavy atom. The molecule has 0 aromatic heterocycles. The summed E-state index contributed by atoms with van der Waals surface area (Å²) < 4.78 is 25.1. The van der Waals surface area contributed by atoms with E-state index in [1.54, 1.807) is 24.3 Å². The lowest BCUT2D eigenvalue weighted by molar-refractivity contribution is -0.119. The van der Waals surface area contributed by atoms with Crippen LogP contribution in [0.15, 0.2) is 24.3 Å². The summed E-state index contributed by atoms with van der Waals surface area (Å²) in [6.45, 7) is 4.53. The second-order valence-electron chi connectivity index (χ2n) is 5.94. The van der Waals surface area contributed by atoms with Crippen LogP contribution in [0.3, 0.4) is 0 Å². The van der Waals surface area contributed by atoms with Gasteiger partial charge in [0, 0.05) is 6.54 Å². The highest BCUT2D eigenvalue weighted by atomic mass is 35.5. The number of hydrogen-bond acceptors (Lipinski definition) is 3. The molecule has 0 radical (unpaired) electrons. The summed E-state index contributed by atoms with van der Waals surface area (Å²) in [5, 5.41) is 3.14. The van der Waals surface area contributed by atoms with Crippen LogP contribution in [0.1, 0.15) is 39.5 Å². The molecule has 0 aliphatic heterocycles. The molecular formula is C17H27ClN2O3S. The summed E-state index contributed by atoms with van der Waals surface area (Å²) in [7, 11) is -3.61. The highest BCUT2D eigenvalue weighted by Gasteiger charge is 2.22. The molecule has 0 heterocycles. The Morgan fingerprint density at radius 3 is 2.50 bits per heavy atom. The molecule has 5 nitrogen and oxygen atoms in total. The van der Waals surface area contributed by atoms with Crippen LogP contribution in [0, 0.1) is 5.92 Å². The SMILES string of the molecule is CCCC[C@H](CC)CNC(=O)CN(c1ccccc1Cl)S(C)(=O)=O. The number of nitrogens with one attached hydrogen (secondary N) is 1. The molecule has 1 N–H and O–H groups in total. The molecule has 1 amide bonds. The lowest BCUT2D eigenvalue weighted by Gasteiger charge is -2.23. The van der Waals surface area contributed by atoms with Crippen molar-refractivity contribution in [1.29, 1.82) is 0 Å². The number of halogens is 1. The van der Waals surface area contributed by atoms with Gasteiger partial charge < -0.3 is 5.32 Å². The van der Waals surface area contributed by atoms with E-state index < -0.39 is 10.0 Å². The summed E-state index contributed by atoms with van der Waals surface area (Å²) >= 11 is 6.08. The molecule has 7 heteroatoms. The average Bonchev–Trinajstić information content (AvgIpc) is 2.52. The van der Waals surface area contributed by atoms with Gasteiger partial charge in [0.15, 0.2) is 0 Å². The van der Waals surface area contributed by atoms with Crippen molar-refractivity contribution in [2.45, 2.75) is 39.5 Å². The third-order valence-electron chi connectivity index (χ3n) is 3.94. The van der Waals surface area contributed by atoms with E-state index in [9.17, 15) is 13.2 Å². The van der Waals surface area contributed by atoms with Crippen LogP contribution in [0.2, 0.25) is 5.02 Å². The quantitative estimate of drug-likeness (QED) is 0.682. The number of amides is 1. The molecule has 0 aliphatic rings. The van der Waals surface area contributed by atoms with Crippen LogP contribution < -0.4 is 9.62 Å². The van der Waals surface area contributed by atoms with Gasteiger partial charge in [0.25, 0.3) is 0 Å². The first-order chi connectivity index (χ1) is 11.3. The highest BCUT2D eigenvalue weighted by Crippen LogP contribution is 2.26. The third-order valence-corrected chi connectivity index (χ3v) is 5.39. The van der Waals surface area contributed by atoms with Crippen molar-refractivity contribution in [2.24, 2.45) is 5.92 Å². The molecule has 0 unspecified atom stereocenters. The molecule has 0 saturated carbocycles. The van der Waals surface area contributed by atoms with Gasteiger partial charge in [0.05, 0.1) is 17.0 Å². The third kappa shape index (κ3) is 6.69. The Bertz CT molecular complexity index is 634. The average molecular weight is 375 g/mol. The van der Waals surface area contributed by atoms with Crippen LogP contribution in [0.5, 0.6) is 0 Å². The van der Waals surface area contributed by atoms with Gasteiger partial charge in [0.2, 0.25) is 15.9 Å². The van der Waals surface area contributed by atoms with Gasteiger partial charge in [-0.05, 0) is 24.5 Å². The maximum absolute atomic E-state index is 12.2. The molecular weight excluding hydrogens is 348 g/mol. The first-order valence-corrected chi connectivity index (χ1v) is 10.5. The van der Waals surface area contributed by atoms with Crippen LogP contribution in [-0.2, 0) is 14.8 Å². The number of carbonyl (C=O) groups is 1. The zero-order chi connectivity index (χ0) is 18.2. The van der Waals surface area contributed by atoms with Gasteiger partial charge >= 0.3 is 0 Å². The lowest BCUT2D eigenvalue weighted by Crippen LogP contribution is -2.41. The van der Waals surface area contributed by atoms with Crippen molar-refractivity contribution in [3.63, 3.8) is 0 Å². The number of carbonyl (C=O) groups excluding carboxylic acids is 1. The Kier molecular flexibility index (Phi) is 8.56. The number of unbranched alkanes of at least 4 members (excludes halogenated alkanes) is 1. The van der Waals surface area contributed by atoms with Crippen molar-refractivity contribution in [1.82, 2.24) is 5.32 Å². The first kappa shape index (κ1) is 20.8. The predicted octanol–water partition coefficient (Wildman–Crippen LogP) is 3.44. The zero-order valence-corrected chi connectivity index (χ0v) is 16.2. The van der Waals surface area contributed by atoms with Gasteiger partial charge in [-0.1, -0.05) is 56.8 Å². The second kappa shape index (κ2) is 9.89. The van der Waals surface area contributed by atoms with Gasteiger partial charge in [-0.3, -0.25) is 9.10 Å². The molecule has 1 aromatic rings. The fraction of sp³-hybridized carbons (Fsp3) is 0.588. The number of anilines is 1. The maximum atomic E-state index is 12.2. The van der Waals surface area contributed by atoms with Crippen molar-refractivity contribution in [2.75, 3.05) is 23.7 Å². The lowest BCUT2D eigenvalue weighted by atomic mass is 9.99. The van der Waals surface area contributed by atoms with E-state index in [1.165, 1.54) is 0 Å². The second-order valence-corrected chi connectivity index (χ2v) is 8.26. The molecule has 0 saturated heterocycles. The van der Waals surface area contributed by atoms with Crippen LogP contribution in [0.25, 0.3) is 0 Å². The van der Waals surface area contributed by atoms with E-state index in [-0.39, 0.29) is 12.5 Å². The monoisotopic (exact) mass is 374 g/mol. The van der Waals surface area contributed by atoms with Crippen LogP contribution in [-0.4, -0.2) is 33.7 Å². The minimum absolute atomic E-state index is 0.271. The summed E-state index contributed by atoms with van der Waals surface area (Å²) in [5.41, 5.74) is 0.315. The van der Waals surface area contributed by atoms with E-state index >= 15 is 0 Å². The number of sulfonamides is 1. The normalized spacial score (nSPS) is 12.7. The van der Waals surface area contributed by atoms with Gasteiger partial charge in [-0.2, -0.15) is 0 Å². The van der Waals surface area contributed by atoms with E-state index in [0.717, 1.165) is 36.2 Å². The Hall–Kier alpha value is -1.27. The van der Waals surface area contributed by atoms with Gasteiger partial charge in [0.1, 0.15) is 6.54 Å². The molecule has 24 heavy (non-hydrogen) atoms. The number of nitrogens with zero attached hydrogens (tertiary/aromatic N) is 1. The zero-order valence-electron chi connectivity index (χ0n) is 14.6. The molecule has 1 aromatic carbocycles. The maximum Gasteiger partial charge on any atom is 0.240 e. The van der Waals surface area contributed by atoms with Crippen LogP contribution >= 0.6 is 11.6 Å². The summed E-state index contributed by atoms with van der Waals surface area (Å²) in [6, 6.07) is 6.60. The molecule has 1 atom stereocenters. The Labute approximate surface area is 150 Å². The largest absolute Gasteiger partial charge is 0.354 e. The highest BCUT2D eigenvalue weighted by molar-refractivity contribution is 7.92. The Balaban J connectivity index is 2.75. The predicted molar refractivity (Wildman–Crippen MR) is 100.0 cm³/mol. The summed E-state index contributed by atoms with van der Waals surface area (Å²) in [6.07, 6.45) is 5.37. The van der Waals surface area contributed by atoms with E-state index in [2.05, 4.69) is 19.2 Å². The van der Waals surface area contributed by atoms with E-state index in [1.807, 2.05) is 0 Å². The van der Waals surface area contributed by atoms with Gasteiger partial charge in [-0.25, -0.2) is 8.42 Å². The van der Waals surface area contributed by atoms with E-state index in [4.69, 9.17) is 11.6 Å². The van der Waals surface area contributed by atoms with E-state index in [0.29, 0.717) is 23.2 Å². The number of hydrogen-bond donors (Lipinski definition) is 1. The topological polar surface area (TPSA) is 66.5 Å². The number of para-hydroxylation sites is 1. The van der Waals surface area contributed by atoms with Crippen molar-refractivity contribution in [3.05, 3.63) is 29.3 Å². The number of rotatable bonds is 10. The smallest absolute Gasteiger partial charge is 0.240 e. The Morgan fingerprint density at radius 2 is 1.96 bits per heavy atom. The molecule has 136 valence electrons. The minimum Gasteiger partial charge on any atom is -0.354 e. The van der Waals surface area contributed by atoms with Crippen LogP contribution in [0.4, 0.5) is 5.69 Å². The van der Waals surface area contributed by atoms with Crippen molar-refractivity contribution >= 4 is 33.2 Å². The first-order valence-electron chi connectivity index (χ1n) is 8.28. The summed E-state index contributed by atoms with van der Waals surface area (Å²) in [5.74, 6) is 0.0937. The van der Waals surface area contributed by atoms with Gasteiger partial charge in [-0.15, -0.1) is 0 Å². The molecule has 0 spiro atoms. The fourth-order valence-electron chi connectivity index (χ4n) is 2.42. The molecule has 1 rings (SSSR count). The van der Waals surface area contributed by atoms with Crippen molar-refractivity contribution in [3.8, 4) is 0 Å². The molecule has 0 aliphatic carbocycles. The van der Waals surface area contributed by atoms with Crippen molar-refractivity contribution < 1.29 is 13.2 Å².